The van der Waals surface area contributed by atoms with Gasteiger partial charge in [-0.15, -0.1) is 0 Å². The van der Waals surface area contributed by atoms with Crippen LogP contribution >= 0.6 is 0 Å². The molecule has 0 aliphatic carbocycles. The molecule has 1 aromatic carbocycles. The highest BCUT2D eigenvalue weighted by molar-refractivity contribution is 5.94. The summed E-state index contributed by atoms with van der Waals surface area (Å²) in [6.07, 6.45) is 0. The molecule has 0 atom stereocenters. The summed E-state index contributed by atoms with van der Waals surface area (Å²) in [6, 6.07) is 5.79. The van der Waals surface area contributed by atoms with Crippen LogP contribution in [0.3, 0.4) is 0 Å². The van der Waals surface area contributed by atoms with Crippen molar-refractivity contribution in [3.05, 3.63) is 35.6 Å². The molecule has 0 saturated carbocycles. The van der Waals surface area contributed by atoms with Crippen LogP contribution in [0.2, 0.25) is 0 Å². The number of carbonyl (C=O) groups excluding carboxylic acids is 1. The van der Waals surface area contributed by atoms with Crippen molar-refractivity contribution in [2.45, 2.75) is 0 Å². The Morgan fingerprint density at radius 3 is 2.53 bits per heavy atom. The fraction of sp³-hybridized carbons (Fsp3) is 0.308. The number of nitrogens with one attached hydrogen (secondary N) is 1. The van der Waals surface area contributed by atoms with Gasteiger partial charge in [-0.1, -0.05) is 5.92 Å². The number of piperazine rings is 1. The number of hydrogen-bond donors (Lipinski definition) is 1. The molecule has 4 heteroatoms. The van der Waals surface area contributed by atoms with E-state index in [2.05, 4.69) is 17.2 Å². The van der Waals surface area contributed by atoms with E-state index in [4.69, 9.17) is 0 Å². The lowest BCUT2D eigenvalue weighted by atomic mass is 10.2. The Kier molecular flexibility index (Phi) is 3.73. The summed E-state index contributed by atoms with van der Waals surface area (Å²) in [6.45, 7) is 3.00. The van der Waals surface area contributed by atoms with Crippen LogP contribution in [0.4, 0.5) is 4.39 Å². The molecular formula is C13H13FN2O. The predicted molar refractivity (Wildman–Crippen MR) is 62.7 cm³/mol. The topological polar surface area (TPSA) is 32.3 Å². The Labute approximate surface area is 99.6 Å². The van der Waals surface area contributed by atoms with E-state index in [0.29, 0.717) is 18.7 Å². The summed E-state index contributed by atoms with van der Waals surface area (Å²) in [5.74, 6) is 4.84. The van der Waals surface area contributed by atoms with Crippen LogP contribution in [0.5, 0.6) is 0 Å². The van der Waals surface area contributed by atoms with Crippen LogP contribution in [0, 0.1) is 17.7 Å². The van der Waals surface area contributed by atoms with E-state index in [0.717, 1.165) is 13.1 Å². The van der Waals surface area contributed by atoms with Crippen molar-refractivity contribution in [1.82, 2.24) is 10.2 Å². The molecule has 2 rings (SSSR count). The normalized spacial score (nSPS) is 15.0. The number of benzene rings is 1. The summed E-state index contributed by atoms with van der Waals surface area (Å²) >= 11 is 0. The highest BCUT2D eigenvalue weighted by Crippen LogP contribution is 2.00. The van der Waals surface area contributed by atoms with E-state index < -0.39 is 0 Å². The molecule has 88 valence electrons. The van der Waals surface area contributed by atoms with E-state index in [1.165, 1.54) is 12.1 Å². The average molecular weight is 232 g/mol. The van der Waals surface area contributed by atoms with Crippen molar-refractivity contribution in [3.63, 3.8) is 0 Å². The predicted octanol–water partition coefficient (Wildman–Crippen LogP) is 0.609. The third-order valence-electron chi connectivity index (χ3n) is 2.56. The standard InChI is InChI=1S/C13H13FN2O/c14-12-4-1-11(2-5-12)3-6-13(17)16-9-7-15-8-10-16/h1-2,4-5,15H,7-10H2. The molecular weight excluding hydrogens is 219 g/mol. The van der Waals surface area contributed by atoms with Crippen LogP contribution in [0.15, 0.2) is 24.3 Å². The highest BCUT2D eigenvalue weighted by atomic mass is 19.1. The quantitative estimate of drug-likeness (QED) is 0.665. The number of nitrogens with zero attached hydrogens (tertiary/aromatic N) is 1. The first-order valence-electron chi connectivity index (χ1n) is 5.53. The maximum Gasteiger partial charge on any atom is 0.298 e. The monoisotopic (exact) mass is 232 g/mol. The van der Waals surface area contributed by atoms with Crippen molar-refractivity contribution in [3.8, 4) is 11.8 Å². The SMILES string of the molecule is O=C(C#Cc1ccc(F)cc1)N1CCNCC1. The maximum absolute atomic E-state index is 12.6. The van der Waals surface area contributed by atoms with Gasteiger partial charge in [0, 0.05) is 37.7 Å². The number of hydrogen-bond acceptors (Lipinski definition) is 2. The number of carbonyl (C=O) groups is 1. The van der Waals surface area contributed by atoms with Crippen molar-refractivity contribution < 1.29 is 9.18 Å². The molecule has 1 amide bonds. The number of halogens is 1. The Morgan fingerprint density at radius 2 is 1.88 bits per heavy atom. The van der Waals surface area contributed by atoms with Gasteiger partial charge in [-0.3, -0.25) is 4.79 Å². The van der Waals surface area contributed by atoms with Crippen molar-refractivity contribution in [2.24, 2.45) is 0 Å². The summed E-state index contributed by atoms with van der Waals surface area (Å²) in [4.78, 5) is 13.4. The Morgan fingerprint density at radius 1 is 1.24 bits per heavy atom. The van der Waals surface area contributed by atoms with Gasteiger partial charge < -0.3 is 10.2 Å². The van der Waals surface area contributed by atoms with E-state index in [-0.39, 0.29) is 11.7 Å². The highest BCUT2D eigenvalue weighted by Gasteiger charge is 2.13. The molecule has 1 N–H and O–H groups in total. The largest absolute Gasteiger partial charge is 0.329 e. The molecule has 1 aliphatic heterocycles. The Bertz CT molecular complexity index is 453. The first-order valence-corrected chi connectivity index (χ1v) is 5.53. The zero-order valence-corrected chi connectivity index (χ0v) is 9.37. The smallest absolute Gasteiger partial charge is 0.298 e. The van der Waals surface area contributed by atoms with E-state index in [9.17, 15) is 9.18 Å². The first kappa shape index (κ1) is 11.6. The fourth-order valence-corrected chi connectivity index (χ4v) is 1.61. The van der Waals surface area contributed by atoms with Crippen molar-refractivity contribution >= 4 is 5.91 Å². The first-order chi connectivity index (χ1) is 8.25. The second-order valence-electron chi connectivity index (χ2n) is 3.80. The molecule has 1 heterocycles. The molecule has 0 bridgehead atoms. The van der Waals surface area contributed by atoms with E-state index in [1.807, 2.05) is 0 Å². The zero-order valence-electron chi connectivity index (χ0n) is 9.37. The van der Waals surface area contributed by atoms with Gasteiger partial charge in [0.2, 0.25) is 0 Å². The lowest BCUT2D eigenvalue weighted by Crippen LogP contribution is -2.46. The van der Waals surface area contributed by atoms with Gasteiger partial charge >= 0.3 is 0 Å². The minimum absolute atomic E-state index is 0.171. The Hall–Kier alpha value is -1.86. The molecule has 1 fully saturated rings. The molecule has 1 saturated heterocycles. The second-order valence-corrected chi connectivity index (χ2v) is 3.80. The summed E-state index contributed by atoms with van der Waals surface area (Å²) in [5, 5.41) is 3.17. The maximum atomic E-state index is 12.6. The van der Waals surface area contributed by atoms with Crippen molar-refractivity contribution in [1.29, 1.82) is 0 Å². The van der Waals surface area contributed by atoms with Gasteiger partial charge in [0.1, 0.15) is 5.82 Å². The fourth-order valence-electron chi connectivity index (χ4n) is 1.61. The van der Waals surface area contributed by atoms with Gasteiger partial charge in [-0.2, -0.15) is 0 Å². The van der Waals surface area contributed by atoms with Gasteiger partial charge in [0.25, 0.3) is 5.91 Å². The molecule has 1 aromatic rings. The third-order valence-corrected chi connectivity index (χ3v) is 2.56. The van der Waals surface area contributed by atoms with Crippen LogP contribution in [0.1, 0.15) is 5.56 Å². The Balaban J connectivity index is 2.00. The van der Waals surface area contributed by atoms with E-state index in [1.54, 1.807) is 17.0 Å². The van der Waals surface area contributed by atoms with Gasteiger partial charge in [0.05, 0.1) is 0 Å². The number of amides is 1. The number of rotatable bonds is 0. The minimum atomic E-state index is -0.302. The van der Waals surface area contributed by atoms with Crippen molar-refractivity contribution in [2.75, 3.05) is 26.2 Å². The summed E-state index contributed by atoms with van der Waals surface area (Å²) < 4.78 is 12.6. The molecule has 0 radical (unpaired) electrons. The summed E-state index contributed by atoms with van der Waals surface area (Å²) in [5.41, 5.74) is 0.648. The van der Waals surface area contributed by atoms with Gasteiger partial charge in [-0.25, -0.2) is 4.39 Å². The van der Waals surface area contributed by atoms with Crippen LogP contribution < -0.4 is 5.32 Å². The average Bonchev–Trinajstić information content (AvgIpc) is 2.39. The molecule has 0 unspecified atom stereocenters. The lowest BCUT2D eigenvalue weighted by Gasteiger charge is -2.25. The lowest BCUT2D eigenvalue weighted by molar-refractivity contribution is -0.125. The van der Waals surface area contributed by atoms with Crippen LogP contribution in [-0.2, 0) is 4.79 Å². The van der Waals surface area contributed by atoms with Crippen LogP contribution in [0.25, 0.3) is 0 Å². The van der Waals surface area contributed by atoms with Gasteiger partial charge in [-0.05, 0) is 24.3 Å². The zero-order chi connectivity index (χ0) is 12.1. The molecule has 1 aliphatic rings. The van der Waals surface area contributed by atoms with E-state index >= 15 is 0 Å². The molecule has 3 nitrogen and oxygen atoms in total. The molecule has 0 aromatic heterocycles. The molecule has 0 spiro atoms. The van der Waals surface area contributed by atoms with Crippen LogP contribution in [-0.4, -0.2) is 37.0 Å². The third kappa shape index (κ3) is 3.30. The molecule has 17 heavy (non-hydrogen) atoms. The second kappa shape index (κ2) is 5.46. The minimum Gasteiger partial charge on any atom is -0.329 e. The van der Waals surface area contributed by atoms with Gasteiger partial charge in [0.15, 0.2) is 0 Å². The summed E-state index contributed by atoms with van der Waals surface area (Å²) in [7, 11) is 0.